The van der Waals surface area contributed by atoms with Crippen LogP contribution in [-0.2, 0) is 28.7 Å². The van der Waals surface area contributed by atoms with E-state index in [2.05, 4.69) is 5.32 Å². The number of nitrogens with one attached hydrogen (secondary N) is 1. The molecule has 0 aromatic heterocycles. The van der Waals surface area contributed by atoms with E-state index < -0.39 is 59.5 Å². The van der Waals surface area contributed by atoms with E-state index in [1.54, 1.807) is 42.5 Å². The normalized spacial score (nSPS) is 31.5. The van der Waals surface area contributed by atoms with Gasteiger partial charge < -0.3 is 29.7 Å². The molecular formula is C34H36ClN3O7. The zero-order chi connectivity index (χ0) is 31.7. The minimum atomic E-state index is -1.46. The number of hydrogen-bond acceptors (Lipinski definition) is 7. The van der Waals surface area contributed by atoms with Crippen molar-refractivity contribution in [2.45, 2.75) is 56.1 Å². The van der Waals surface area contributed by atoms with E-state index in [1.807, 2.05) is 43.3 Å². The Hall–Kier alpha value is -3.99. The fourth-order valence-corrected chi connectivity index (χ4v) is 7.25. The van der Waals surface area contributed by atoms with Gasteiger partial charge in [-0.2, -0.15) is 0 Å². The number of benzene rings is 2. The summed E-state index contributed by atoms with van der Waals surface area (Å²) in [6, 6.07) is 14.1. The number of carbonyl (C=O) groups excluding carboxylic acids is 4. The maximum Gasteiger partial charge on any atom is 0.313 e. The zero-order valence-electron chi connectivity index (χ0n) is 24.9. The Morgan fingerprint density at radius 3 is 2.53 bits per heavy atom. The average molecular weight is 634 g/mol. The number of aliphatic hydroxyl groups is 1. The molecule has 4 aliphatic heterocycles. The highest BCUT2D eigenvalue weighted by molar-refractivity contribution is 6.34. The lowest BCUT2D eigenvalue weighted by atomic mass is 9.74. The number of anilines is 1. The number of carbonyl (C=O) groups is 4. The van der Waals surface area contributed by atoms with Crippen molar-refractivity contribution in [1.82, 2.24) is 10.2 Å². The van der Waals surface area contributed by atoms with Gasteiger partial charge in [-0.1, -0.05) is 85.3 Å². The fraction of sp³-hybridized carbons (Fsp3) is 0.412. The second-order valence-electron chi connectivity index (χ2n) is 11.7. The van der Waals surface area contributed by atoms with Gasteiger partial charge in [0.2, 0.25) is 11.8 Å². The number of likely N-dealkylation sites (tertiary alicyclic amines) is 1. The molecule has 0 radical (unpaired) electrons. The predicted molar refractivity (Wildman–Crippen MR) is 166 cm³/mol. The number of fused-ring (bicyclic) bond motifs is 2. The molecule has 4 heterocycles. The van der Waals surface area contributed by atoms with Crippen LogP contribution in [0, 0.1) is 11.8 Å². The first-order chi connectivity index (χ1) is 21.8. The molecule has 2 aromatic rings. The van der Waals surface area contributed by atoms with E-state index in [0.29, 0.717) is 29.1 Å². The number of allylic oxidation sites excluding steroid dienone is 1. The molecule has 0 saturated carbocycles. The van der Waals surface area contributed by atoms with Gasteiger partial charge in [0.15, 0.2) is 0 Å². The summed E-state index contributed by atoms with van der Waals surface area (Å²) in [7, 11) is 0. The van der Waals surface area contributed by atoms with Crippen LogP contribution in [0.5, 0.6) is 0 Å². The predicted octanol–water partition coefficient (Wildman–Crippen LogP) is 3.35. The molecule has 2 saturated heterocycles. The summed E-state index contributed by atoms with van der Waals surface area (Å²) >= 11 is 6.60. The van der Waals surface area contributed by atoms with Crippen LogP contribution in [0.25, 0.3) is 0 Å². The molecule has 2 N–H and O–H groups in total. The third-order valence-corrected chi connectivity index (χ3v) is 9.53. The molecule has 0 unspecified atom stereocenters. The summed E-state index contributed by atoms with van der Waals surface area (Å²) in [5, 5.41) is 13.6. The number of hydrogen-bond donors (Lipinski definition) is 2. The van der Waals surface area contributed by atoms with Crippen LogP contribution in [0.15, 0.2) is 78.9 Å². The first-order valence-corrected chi connectivity index (χ1v) is 15.7. The number of esters is 1. The van der Waals surface area contributed by atoms with E-state index in [0.717, 1.165) is 0 Å². The van der Waals surface area contributed by atoms with Crippen molar-refractivity contribution in [2.75, 3.05) is 24.6 Å². The lowest BCUT2D eigenvalue weighted by Gasteiger charge is -2.38. The molecule has 6 rings (SSSR count). The molecule has 4 aliphatic rings. The van der Waals surface area contributed by atoms with Gasteiger partial charge >= 0.3 is 5.97 Å². The number of para-hydroxylation sites is 1. The highest BCUT2D eigenvalue weighted by Crippen LogP contribution is 2.56. The first-order valence-electron chi connectivity index (χ1n) is 15.3. The average Bonchev–Trinajstić information content (AvgIpc) is 3.69. The molecule has 2 fully saturated rings. The molecule has 0 aliphatic carbocycles. The number of cyclic esters (lactones) is 1. The van der Waals surface area contributed by atoms with Crippen LogP contribution < -0.4 is 10.2 Å². The lowest BCUT2D eigenvalue weighted by Crippen LogP contribution is -2.58. The molecule has 7 atom stereocenters. The molecule has 3 amide bonds. The van der Waals surface area contributed by atoms with Crippen molar-refractivity contribution in [1.29, 1.82) is 0 Å². The monoisotopic (exact) mass is 633 g/mol. The van der Waals surface area contributed by atoms with E-state index in [-0.39, 0.29) is 32.0 Å². The van der Waals surface area contributed by atoms with Crippen LogP contribution in [0.4, 0.5) is 5.69 Å². The number of aliphatic hydroxyl groups excluding tert-OH is 1. The van der Waals surface area contributed by atoms with Crippen molar-refractivity contribution in [3.8, 4) is 0 Å². The quantitative estimate of drug-likeness (QED) is 0.382. The van der Waals surface area contributed by atoms with Crippen molar-refractivity contribution in [3.05, 3.63) is 89.5 Å². The highest BCUT2D eigenvalue weighted by atomic mass is 35.5. The van der Waals surface area contributed by atoms with Gasteiger partial charge in [-0.25, -0.2) is 0 Å². The Morgan fingerprint density at radius 2 is 1.80 bits per heavy atom. The molecule has 10 nitrogen and oxygen atoms in total. The minimum absolute atomic E-state index is 0.0477. The molecule has 45 heavy (non-hydrogen) atoms. The Bertz CT molecular complexity index is 1530. The van der Waals surface area contributed by atoms with E-state index in [9.17, 15) is 24.3 Å². The third-order valence-electron chi connectivity index (χ3n) is 9.21. The lowest BCUT2D eigenvalue weighted by molar-refractivity contribution is -0.160. The Labute approximate surface area is 266 Å². The molecule has 5 bridgehead atoms. The number of halogens is 1. The summed E-state index contributed by atoms with van der Waals surface area (Å²) in [5.74, 6) is -3.89. The minimum Gasteiger partial charge on any atom is -0.455 e. The van der Waals surface area contributed by atoms with Gasteiger partial charge in [0.25, 0.3) is 5.91 Å². The Kier molecular flexibility index (Phi) is 8.81. The topological polar surface area (TPSA) is 125 Å². The summed E-state index contributed by atoms with van der Waals surface area (Å²) in [6.45, 7) is 1.60. The van der Waals surface area contributed by atoms with Crippen LogP contribution in [0.2, 0.25) is 5.02 Å². The molecule has 11 heteroatoms. The second kappa shape index (κ2) is 12.8. The summed E-state index contributed by atoms with van der Waals surface area (Å²) in [4.78, 5) is 58.9. The smallest absolute Gasteiger partial charge is 0.313 e. The summed E-state index contributed by atoms with van der Waals surface area (Å²) < 4.78 is 12.5. The van der Waals surface area contributed by atoms with Crippen LogP contribution in [0.1, 0.15) is 37.9 Å². The zero-order valence-corrected chi connectivity index (χ0v) is 25.6. The Balaban J connectivity index is 1.46. The second-order valence-corrected chi connectivity index (χ2v) is 12.1. The van der Waals surface area contributed by atoms with Gasteiger partial charge in [0.05, 0.1) is 41.9 Å². The van der Waals surface area contributed by atoms with Gasteiger partial charge in [-0.3, -0.25) is 19.2 Å². The fourth-order valence-electron chi connectivity index (χ4n) is 7.01. The maximum absolute atomic E-state index is 14.8. The van der Waals surface area contributed by atoms with Crippen molar-refractivity contribution >= 4 is 41.0 Å². The van der Waals surface area contributed by atoms with Crippen molar-refractivity contribution in [2.24, 2.45) is 11.8 Å². The first kappa shape index (κ1) is 31.0. The number of rotatable bonds is 5. The molecular weight excluding hydrogens is 598 g/mol. The van der Waals surface area contributed by atoms with E-state index >= 15 is 0 Å². The van der Waals surface area contributed by atoms with Crippen molar-refractivity contribution < 1.29 is 33.8 Å². The van der Waals surface area contributed by atoms with Gasteiger partial charge in [-0.05, 0) is 30.5 Å². The summed E-state index contributed by atoms with van der Waals surface area (Å²) in [6.07, 6.45) is 6.41. The SMILES string of the molecule is CC[C@@H](CO)N1C(=O)[C@@H]2[C@H]3C(=O)O[C@@H](c4ccccc4)CNC(=O)CC/C=C\CN(c4ccccc4Cl)C(=O)[C@@H]1[C@]21C=C[C@H]3O1. The number of ether oxygens (including phenoxy) is 2. The van der Waals surface area contributed by atoms with Crippen LogP contribution >= 0.6 is 11.6 Å². The maximum atomic E-state index is 14.8. The third kappa shape index (κ3) is 5.45. The standard InChI is InChI=1S/C34H36ClN3O7/c1-2-22(20-39)38-30-32(42)37(24-14-9-8-13-23(24)35)18-10-4-7-15-27(40)36-19-26(21-11-5-3-6-12-21)44-33(43)28-25-16-17-34(30,45-25)29(28)31(38)41/h3-6,8-14,16-17,22,25-26,28-30,39H,2,7,15,18-20H2,1H3,(H,36,40)/b10-4-/t22-,25+,26+,28-,29-,30+,34-/m0/s1. The highest BCUT2D eigenvalue weighted by Gasteiger charge is 2.74. The van der Waals surface area contributed by atoms with Crippen molar-refractivity contribution in [3.63, 3.8) is 0 Å². The van der Waals surface area contributed by atoms with Gasteiger partial charge in [0.1, 0.15) is 23.7 Å². The Morgan fingerprint density at radius 1 is 1.04 bits per heavy atom. The largest absolute Gasteiger partial charge is 0.455 e. The van der Waals surface area contributed by atoms with E-state index in [4.69, 9.17) is 21.1 Å². The van der Waals surface area contributed by atoms with Gasteiger partial charge in [0, 0.05) is 13.0 Å². The van der Waals surface area contributed by atoms with Crippen LogP contribution in [-0.4, -0.2) is 77.2 Å². The summed E-state index contributed by atoms with van der Waals surface area (Å²) in [5.41, 5.74) is -0.335. The molecule has 1 spiro atoms. The van der Waals surface area contributed by atoms with Crippen LogP contribution in [0.3, 0.4) is 0 Å². The van der Waals surface area contributed by atoms with Gasteiger partial charge in [-0.15, -0.1) is 0 Å². The number of amides is 3. The van der Waals surface area contributed by atoms with E-state index in [1.165, 1.54) is 9.80 Å². The number of nitrogens with zero attached hydrogens (tertiary/aromatic N) is 2. The molecule has 2 aromatic carbocycles. The molecule has 236 valence electrons.